The van der Waals surface area contributed by atoms with Gasteiger partial charge < -0.3 is 13.9 Å². The molecular weight excluding hydrogens is 649 g/mol. The predicted molar refractivity (Wildman–Crippen MR) is 210 cm³/mol. The van der Waals surface area contributed by atoms with Crippen molar-refractivity contribution >= 4 is 75.3 Å². The van der Waals surface area contributed by atoms with E-state index in [9.17, 15) is 0 Å². The van der Waals surface area contributed by atoms with E-state index >= 15 is 0 Å². The Hall–Kier alpha value is -3.09. The van der Waals surface area contributed by atoms with Crippen LogP contribution in [0.25, 0.3) is 0 Å². The van der Waals surface area contributed by atoms with E-state index in [-0.39, 0.29) is 0 Å². The van der Waals surface area contributed by atoms with Gasteiger partial charge >= 0.3 is 0 Å². The Balaban J connectivity index is 0.927. The molecule has 0 fully saturated rings. The minimum Gasteiger partial charge on any atom is -0.455 e. The average molecular weight is 695 g/mol. The predicted octanol–water partition coefficient (Wildman–Crippen LogP) is 10.9. The molecule has 0 radical (unpaired) electrons. The lowest BCUT2D eigenvalue weighted by Gasteiger charge is -2.34. The van der Waals surface area contributed by atoms with Gasteiger partial charge in [0.05, 0.1) is 22.7 Å². The fraction of sp³-hybridized carbons (Fsp3) is 0.316. The van der Waals surface area contributed by atoms with Crippen molar-refractivity contribution in [2.75, 3.05) is 37.0 Å². The fourth-order valence-electron chi connectivity index (χ4n) is 6.45. The number of benzene rings is 4. The zero-order chi connectivity index (χ0) is 33.0. The molecule has 2 heterocycles. The van der Waals surface area contributed by atoms with E-state index < -0.39 is 16.6 Å². The second kappa shape index (κ2) is 14.6. The number of rotatable bonds is 12. The lowest BCUT2D eigenvalue weighted by Crippen LogP contribution is -2.44. The molecule has 2 aliphatic rings. The first-order valence-corrected chi connectivity index (χ1v) is 24.4. The molecule has 4 aromatic carbocycles. The van der Waals surface area contributed by atoms with E-state index in [1.165, 1.54) is 42.3 Å². The summed E-state index contributed by atoms with van der Waals surface area (Å²) in [5.41, 5.74) is 7.32. The molecule has 0 saturated heterocycles. The van der Waals surface area contributed by atoms with Crippen LogP contribution < -0.4 is 9.80 Å². The largest absolute Gasteiger partial charge is 0.455 e. The van der Waals surface area contributed by atoms with E-state index in [1.807, 2.05) is 36.0 Å². The highest BCUT2D eigenvalue weighted by Crippen LogP contribution is 2.48. The van der Waals surface area contributed by atoms with Gasteiger partial charge in [-0.1, -0.05) is 59.9 Å². The average Bonchev–Trinajstić information content (AvgIpc) is 3.04. The zero-order valence-electron chi connectivity index (χ0n) is 28.5. The molecule has 0 aromatic heterocycles. The molecule has 6 rings (SSSR count). The minimum atomic E-state index is -1.76. The Morgan fingerprint density at radius 3 is 1.43 bits per heavy atom. The van der Waals surface area contributed by atoms with Crippen LogP contribution >= 0.6 is 23.5 Å². The lowest BCUT2D eigenvalue weighted by atomic mass is 10.2. The van der Waals surface area contributed by atoms with Gasteiger partial charge in [-0.15, -0.1) is 0 Å². The molecule has 47 heavy (non-hydrogen) atoms. The maximum atomic E-state index is 6.92. The quantitative estimate of drug-likeness (QED) is 0.0839. The summed E-state index contributed by atoms with van der Waals surface area (Å²) in [6.45, 7) is 11.2. The Labute approximate surface area is 291 Å². The fourth-order valence-corrected chi connectivity index (χ4v) is 17.5. The molecule has 0 aliphatic carbocycles. The van der Waals surface area contributed by atoms with Gasteiger partial charge in [0.1, 0.15) is 0 Å². The SMILES string of the molecule is CN1c2ccccc2Sc2ccc(C=NCCC[Si](C)(C)O[Si](C)(C)CCCN=Cc3ccc4c(c3)N(C)c3ccccc3S4)cc21. The number of aliphatic imine (C=N–C) groups is 2. The van der Waals surface area contributed by atoms with Crippen LogP contribution in [0.1, 0.15) is 24.0 Å². The van der Waals surface area contributed by atoms with Gasteiger partial charge in [-0.05, 0) is 111 Å². The van der Waals surface area contributed by atoms with Crippen LogP contribution in [0.4, 0.5) is 22.7 Å². The second-order valence-electron chi connectivity index (χ2n) is 13.6. The summed E-state index contributed by atoms with van der Waals surface area (Å²) in [7, 11) is 0.771. The Morgan fingerprint density at radius 1 is 0.574 bits per heavy atom. The smallest absolute Gasteiger partial charge is 0.173 e. The lowest BCUT2D eigenvalue weighted by molar-refractivity contribution is 0.531. The molecule has 4 aromatic rings. The number of hydrogen-bond donors (Lipinski definition) is 0. The number of fused-ring (bicyclic) bond motifs is 4. The van der Waals surface area contributed by atoms with Crippen molar-refractivity contribution in [3.8, 4) is 0 Å². The third kappa shape index (κ3) is 8.32. The van der Waals surface area contributed by atoms with Gasteiger partial charge in [-0.25, -0.2) is 0 Å². The van der Waals surface area contributed by atoms with Gasteiger partial charge in [0.15, 0.2) is 16.6 Å². The summed E-state index contributed by atoms with van der Waals surface area (Å²) in [4.78, 5) is 19.4. The van der Waals surface area contributed by atoms with Crippen molar-refractivity contribution in [2.24, 2.45) is 9.98 Å². The number of para-hydroxylation sites is 2. The molecule has 5 nitrogen and oxygen atoms in total. The summed E-state index contributed by atoms with van der Waals surface area (Å²) in [5.74, 6) is 0. The standard InChI is InChI=1S/C38H46N4OS2Si2/c1-41-31-13-7-9-15-35(31)44-37-19-17-29(25-33(37)41)27-39-21-11-23-46(3,4)43-47(5,6)24-12-22-40-28-30-18-20-38-34(26-30)42(2)32-14-8-10-16-36(32)45-38/h7-10,13-20,25-28H,11-12,21-24H2,1-6H3. The summed E-state index contributed by atoms with van der Waals surface area (Å²) in [6.07, 6.45) is 6.21. The molecule has 0 atom stereocenters. The van der Waals surface area contributed by atoms with Gasteiger partial charge in [0.2, 0.25) is 0 Å². The summed E-state index contributed by atoms with van der Waals surface area (Å²) < 4.78 is 6.92. The molecule has 0 spiro atoms. The van der Waals surface area contributed by atoms with Gasteiger partial charge in [-0.2, -0.15) is 0 Å². The van der Waals surface area contributed by atoms with E-state index in [2.05, 4.69) is 135 Å². The second-order valence-corrected chi connectivity index (χ2v) is 24.6. The van der Waals surface area contributed by atoms with E-state index in [0.717, 1.165) is 49.1 Å². The van der Waals surface area contributed by atoms with Crippen molar-refractivity contribution in [1.82, 2.24) is 0 Å². The molecule has 0 bridgehead atoms. The molecular formula is C38H46N4OS2Si2. The zero-order valence-corrected chi connectivity index (χ0v) is 32.1. The molecule has 2 aliphatic heterocycles. The number of anilines is 4. The van der Waals surface area contributed by atoms with E-state index in [4.69, 9.17) is 14.1 Å². The molecule has 9 heteroatoms. The summed E-state index contributed by atoms with van der Waals surface area (Å²) in [6, 6.07) is 32.8. The third-order valence-corrected chi connectivity index (χ3v) is 18.5. The first-order valence-electron chi connectivity index (χ1n) is 16.6. The normalized spacial score (nSPS) is 14.3. The van der Waals surface area contributed by atoms with Crippen molar-refractivity contribution < 1.29 is 4.12 Å². The summed E-state index contributed by atoms with van der Waals surface area (Å²) in [5, 5.41) is 0. The van der Waals surface area contributed by atoms with E-state index in [1.54, 1.807) is 0 Å². The van der Waals surface area contributed by atoms with Crippen molar-refractivity contribution in [1.29, 1.82) is 0 Å². The van der Waals surface area contributed by atoms with Crippen LogP contribution in [0.3, 0.4) is 0 Å². The number of hydrogen-bond acceptors (Lipinski definition) is 7. The Bertz CT molecular complexity index is 1660. The maximum absolute atomic E-state index is 6.92. The molecule has 0 saturated carbocycles. The highest BCUT2D eigenvalue weighted by atomic mass is 32.2. The van der Waals surface area contributed by atoms with Crippen LogP contribution in [0.2, 0.25) is 38.3 Å². The highest BCUT2D eigenvalue weighted by molar-refractivity contribution is 8.00. The highest BCUT2D eigenvalue weighted by Gasteiger charge is 2.32. The van der Waals surface area contributed by atoms with E-state index in [0.29, 0.717) is 0 Å². The van der Waals surface area contributed by atoms with Crippen LogP contribution in [0.5, 0.6) is 0 Å². The van der Waals surface area contributed by atoms with Crippen LogP contribution in [-0.4, -0.2) is 56.2 Å². The van der Waals surface area contributed by atoms with Crippen molar-refractivity contribution in [3.63, 3.8) is 0 Å². The molecule has 244 valence electrons. The minimum absolute atomic E-state index is 0.838. The molecule has 0 unspecified atom stereocenters. The maximum Gasteiger partial charge on any atom is 0.173 e. The topological polar surface area (TPSA) is 40.4 Å². The first kappa shape index (κ1) is 33.8. The first-order chi connectivity index (χ1) is 22.6. The Morgan fingerprint density at radius 2 is 0.979 bits per heavy atom. The van der Waals surface area contributed by atoms with Gasteiger partial charge in [0.25, 0.3) is 0 Å². The number of nitrogens with zero attached hydrogens (tertiary/aromatic N) is 4. The van der Waals surface area contributed by atoms with Crippen LogP contribution in [0, 0.1) is 0 Å². The van der Waals surface area contributed by atoms with Gasteiger partial charge in [-0.3, -0.25) is 9.98 Å². The molecule has 0 N–H and O–H groups in total. The monoisotopic (exact) mass is 694 g/mol. The van der Waals surface area contributed by atoms with Crippen LogP contribution in [-0.2, 0) is 4.12 Å². The van der Waals surface area contributed by atoms with Crippen molar-refractivity contribution in [2.45, 2.75) is 70.7 Å². The Kier molecular flexibility index (Phi) is 10.5. The summed E-state index contributed by atoms with van der Waals surface area (Å²) >= 11 is 3.68. The van der Waals surface area contributed by atoms with Crippen molar-refractivity contribution in [3.05, 3.63) is 96.1 Å². The molecule has 0 amide bonds. The third-order valence-electron chi connectivity index (χ3n) is 8.75. The van der Waals surface area contributed by atoms with Crippen LogP contribution in [0.15, 0.2) is 114 Å². The van der Waals surface area contributed by atoms with Gasteiger partial charge in [0, 0.05) is 59.2 Å².